The number of fused-ring (bicyclic) bond motifs is 1. The van der Waals surface area contributed by atoms with E-state index in [2.05, 4.69) is 27.4 Å². The second kappa shape index (κ2) is 9.34. The normalized spacial score (nSPS) is 10.8. The minimum Gasteiger partial charge on any atom is -0.370 e. The summed E-state index contributed by atoms with van der Waals surface area (Å²) >= 11 is 0. The van der Waals surface area contributed by atoms with E-state index in [4.69, 9.17) is 0 Å². The molecule has 0 unspecified atom stereocenters. The number of amides is 1. The Bertz CT molecular complexity index is 1340. The van der Waals surface area contributed by atoms with Crippen molar-refractivity contribution in [3.8, 4) is 0 Å². The molecule has 0 aliphatic heterocycles. The fraction of sp³-hybridized carbons (Fsp3) is 0.160. The van der Waals surface area contributed by atoms with Crippen LogP contribution in [-0.2, 0) is 17.9 Å². The Labute approximate surface area is 184 Å². The number of anilines is 2. The van der Waals surface area contributed by atoms with Gasteiger partial charge in [-0.2, -0.15) is 0 Å². The quantitative estimate of drug-likeness (QED) is 0.473. The number of hydrogen-bond acceptors (Lipinski definition) is 4. The van der Waals surface area contributed by atoms with E-state index in [0.29, 0.717) is 16.5 Å². The predicted molar refractivity (Wildman–Crippen MR) is 127 cm³/mol. The highest BCUT2D eigenvalue weighted by molar-refractivity contribution is 5.90. The molecule has 4 rings (SSSR count). The van der Waals surface area contributed by atoms with Gasteiger partial charge in [0.25, 0.3) is 11.1 Å². The van der Waals surface area contributed by atoms with Gasteiger partial charge >= 0.3 is 0 Å². The van der Waals surface area contributed by atoms with Gasteiger partial charge in [-0.15, -0.1) is 0 Å². The van der Waals surface area contributed by atoms with Crippen LogP contribution in [0.1, 0.15) is 12.0 Å². The molecule has 1 heterocycles. The van der Waals surface area contributed by atoms with Crippen molar-refractivity contribution in [1.82, 2.24) is 9.78 Å². The molecular formula is C25H24N4O3. The Balaban J connectivity index is 1.36. The first-order valence-electron chi connectivity index (χ1n) is 10.4. The fourth-order valence-corrected chi connectivity index (χ4v) is 3.59. The molecule has 32 heavy (non-hydrogen) atoms. The van der Waals surface area contributed by atoms with Crippen LogP contribution < -0.4 is 21.3 Å². The molecule has 1 aromatic heterocycles. The van der Waals surface area contributed by atoms with Gasteiger partial charge in [-0.1, -0.05) is 42.5 Å². The maximum atomic E-state index is 12.5. The third kappa shape index (κ3) is 4.78. The molecule has 1 amide bonds. The molecule has 3 aromatic carbocycles. The standard InChI is InChI=1S/C25H24N4O3/c1-28(17-18-7-3-2-4-8-18)20-13-11-19(12-14-20)26-23(30)15-16-29-25(32)22-10-6-5-9-21(22)24(31)27-29/h2-14H,15-17H2,1H3,(H,26,30)(H,27,31). The second-order valence-corrected chi connectivity index (χ2v) is 7.63. The zero-order chi connectivity index (χ0) is 22.5. The summed E-state index contributed by atoms with van der Waals surface area (Å²) in [7, 11) is 2.02. The Hall–Kier alpha value is -4.13. The summed E-state index contributed by atoms with van der Waals surface area (Å²) in [6.07, 6.45) is 0.0594. The number of benzene rings is 3. The van der Waals surface area contributed by atoms with Crippen molar-refractivity contribution in [2.45, 2.75) is 19.5 Å². The smallest absolute Gasteiger partial charge is 0.273 e. The van der Waals surface area contributed by atoms with Crippen molar-refractivity contribution in [3.05, 3.63) is 105 Å². The van der Waals surface area contributed by atoms with Crippen LogP contribution in [0.5, 0.6) is 0 Å². The number of rotatable bonds is 7. The number of carbonyl (C=O) groups is 1. The number of hydrogen-bond donors (Lipinski definition) is 2. The van der Waals surface area contributed by atoms with Gasteiger partial charge in [-0.3, -0.25) is 19.5 Å². The summed E-state index contributed by atoms with van der Waals surface area (Å²) in [5.41, 5.74) is 2.25. The van der Waals surface area contributed by atoms with Crippen LogP contribution in [0.3, 0.4) is 0 Å². The van der Waals surface area contributed by atoms with Crippen molar-refractivity contribution < 1.29 is 4.79 Å². The molecule has 0 spiro atoms. The van der Waals surface area contributed by atoms with E-state index in [0.717, 1.165) is 12.2 Å². The van der Waals surface area contributed by atoms with Crippen molar-refractivity contribution in [3.63, 3.8) is 0 Å². The Morgan fingerprint density at radius 2 is 1.56 bits per heavy atom. The summed E-state index contributed by atoms with van der Waals surface area (Å²) in [5.74, 6) is -0.240. The molecule has 162 valence electrons. The average molecular weight is 428 g/mol. The number of aromatic amines is 1. The van der Waals surface area contributed by atoms with Crippen LogP contribution in [0.2, 0.25) is 0 Å². The molecule has 0 saturated heterocycles. The van der Waals surface area contributed by atoms with Crippen LogP contribution in [-0.4, -0.2) is 22.7 Å². The monoisotopic (exact) mass is 428 g/mol. The number of H-pyrrole nitrogens is 1. The van der Waals surface area contributed by atoms with E-state index in [1.165, 1.54) is 10.2 Å². The molecule has 0 aliphatic rings. The fourth-order valence-electron chi connectivity index (χ4n) is 3.59. The minimum absolute atomic E-state index is 0.0594. The molecule has 0 aliphatic carbocycles. The summed E-state index contributed by atoms with van der Waals surface area (Å²) in [5, 5.41) is 6.06. The van der Waals surface area contributed by atoms with Gasteiger partial charge in [0.05, 0.1) is 17.3 Å². The van der Waals surface area contributed by atoms with Gasteiger partial charge < -0.3 is 10.2 Å². The predicted octanol–water partition coefficient (Wildman–Crippen LogP) is 3.36. The molecule has 0 fully saturated rings. The van der Waals surface area contributed by atoms with Crippen molar-refractivity contribution in [2.24, 2.45) is 0 Å². The first kappa shape index (κ1) is 21.1. The van der Waals surface area contributed by atoms with Gasteiger partial charge in [0.15, 0.2) is 0 Å². The zero-order valence-electron chi connectivity index (χ0n) is 17.7. The lowest BCUT2D eigenvalue weighted by Gasteiger charge is -2.20. The van der Waals surface area contributed by atoms with E-state index in [1.807, 2.05) is 49.5 Å². The summed E-state index contributed by atoms with van der Waals surface area (Å²) in [6, 6.07) is 24.4. The number of nitrogens with zero attached hydrogens (tertiary/aromatic N) is 2. The number of aromatic nitrogens is 2. The third-order valence-electron chi connectivity index (χ3n) is 5.30. The molecule has 0 atom stereocenters. The molecule has 2 N–H and O–H groups in total. The minimum atomic E-state index is -0.351. The van der Waals surface area contributed by atoms with Crippen molar-refractivity contribution in [2.75, 3.05) is 17.3 Å². The Morgan fingerprint density at radius 3 is 2.28 bits per heavy atom. The summed E-state index contributed by atoms with van der Waals surface area (Å²) in [4.78, 5) is 39.2. The Kier molecular flexibility index (Phi) is 6.17. The number of nitrogens with one attached hydrogen (secondary N) is 2. The molecule has 0 saturated carbocycles. The van der Waals surface area contributed by atoms with E-state index in [-0.39, 0.29) is 30.0 Å². The van der Waals surface area contributed by atoms with E-state index < -0.39 is 0 Å². The largest absolute Gasteiger partial charge is 0.370 e. The lowest BCUT2D eigenvalue weighted by molar-refractivity contribution is -0.116. The highest BCUT2D eigenvalue weighted by atomic mass is 16.2. The molecule has 7 heteroatoms. The van der Waals surface area contributed by atoms with Crippen molar-refractivity contribution >= 4 is 28.1 Å². The van der Waals surface area contributed by atoms with E-state index in [1.54, 1.807) is 24.3 Å². The Morgan fingerprint density at radius 1 is 0.906 bits per heavy atom. The van der Waals surface area contributed by atoms with Crippen LogP contribution >= 0.6 is 0 Å². The highest BCUT2D eigenvalue weighted by Gasteiger charge is 2.09. The van der Waals surface area contributed by atoms with Gasteiger partial charge in [-0.25, -0.2) is 4.68 Å². The van der Waals surface area contributed by atoms with Gasteiger partial charge in [0, 0.05) is 31.4 Å². The molecule has 7 nitrogen and oxygen atoms in total. The molecule has 0 radical (unpaired) electrons. The van der Waals surface area contributed by atoms with Crippen LogP contribution in [0.25, 0.3) is 10.8 Å². The first-order chi connectivity index (χ1) is 15.5. The lowest BCUT2D eigenvalue weighted by Crippen LogP contribution is -2.31. The second-order valence-electron chi connectivity index (χ2n) is 7.63. The maximum Gasteiger partial charge on any atom is 0.273 e. The maximum absolute atomic E-state index is 12.5. The van der Waals surface area contributed by atoms with Crippen molar-refractivity contribution in [1.29, 1.82) is 0 Å². The lowest BCUT2D eigenvalue weighted by atomic mass is 10.2. The van der Waals surface area contributed by atoms with Gasteiger partial charge in [0.1, 0.15) is 0 Å². The highest BCUT2D eigenvalue weighted by Crippen LogP contribution is 2.19. The molecule has 0 bridgehead atoms. The van der Waals surface area contributed by atoms with Crippen LogP contribution in [0.15, 0.2) is 88.5 Å². The van der Waals surface area contributed by atoms with Crippen LogP contribution in [0.4, 0.5) is 11.4 Å². The van der Waals surface area contributed by atoms with Gasteiger partial charge in [-0.05, 0) is 42.0 Å². The van der Waals surface area contributed by atoms with E-state index >= 15 is 0 Å². The van der Waals surface area contributed by atoms with E-state index in [9.17, 15) is 14.4 Å². The first-order valence-corrected chi connectivity index (χ1v) is 10.4. The number of carbonyl (C=O) groups excluding carboxylic acids is 1. The SMILES string of the molecule is CN(Cc1ccccc1)c1ccc(NC(=O)CCn2[nH]c(=O)c3ccccc3c2=O)cc1. The summed E-state index contributed by atoms with van der Waals surface area (Å²) in [6.45, 7) is 0.869. The molecule has 4 aromatic rings. The topological polar surface area (TPSA) is 87.2 Å². The zero-order valence-corrected chi connectivity index (χ0v) is 17.7. The average Bonchev–Trinajstić information content (AvgIpc) is 2.81. The molecular weight excluding hydrogens is 404 g/mol. The number of aryl methyl sites for hydroxylation is 1. The van der Waals surface area contributed by atoms with Gasteiger partial charge in [0.2, 0.25) is 5.91 Å². The van der Waals surface area contributed by atoms with Crippen LogP contribution in [0, 0.1) is 0 Å². The third-order valence-corrected chi connectivity index (χ3v) is 5.30. The summed E-state index contributed by atoms with van der Waals surface area (Å²) < 4.78 is 1.19.